The van der Waals surface area contributed by atoms with Gasteiger partial charge in [-0.3, -0.25) is 0 Å². The minimum Gasteiger partial charge on any atom is -0.374 e. The molecule has 1 heterocycles. The number of nitrogens with one attached hydrogen (secondary N) is 2. The van der Waals surface area contributed by atoms with Gasteiger partial charge in [-0.25, -0.2) is 23.1 Å². The molecule has 1 aliphatic rings. The second kappa shape index (κ2) is 7.52. The maximum atomic E-state index is 14.5. The predicted octanol–water partition coefficient (Wildman–Crippen LogP) is 5.77. The van der Waals surface area contributed by atoms with Crippen molar-refractivity contribution in [2.75, 3.05) is 10.0 Å². The van der Waals surface area contributed by atoms with Gasteiger partial charge in [0.25, 0.3) is 0 Å². The number of aromatic nitrogens is 2. The third kappa shape index (κ3) is 3.88. The molecule has 0 saturated heterocycles. The average Bonchev–Trinajstić information content (AvgIpc) is 3.46. The highest BCUT2D eigenvalue weighted by Gasteiger charge is 2.46. The molecule has 0 amide bonds. The zero-order valence-corrected chi connectivity index (χ0v) is 15.9. The van der Waals surface area contributed by atoms with Gasteiger partial charge < -0.3 is 10.0 Å². The van der Waals surface area contributed by atoms with Gasteiger partial charge in [0.1, 0.15) is 29.6 Å². The maximum Gasteiger partial charge on any atom is 0.140 e. The highest BCUT2D eigenvalue weighted by molar-refractivity contribution is 8.00. The predicted molar refractivity (Wildman–Crippen MR) is 104 cm³/mol. The van der Waals surface area contributed by atoms with E-state index in [1.165, 1.54) is 18.5 Å². The molecule has 2 aromatic carbocycles. The Balaban J connectivity index is 1.54. The summed E-state index contributed by atoms with van der Waals surface area (Å²) in [7, 11) is 0. The first-order chi connectivity index (χ1) is 13.5. The Hall–Kier alpha value is -2.45. The second-order valence-corrected chi connectivity index (χ2v) is 7.65. The van der Waals surface area contributed by atoms with Gasteiger partial charge in [0.15, 0.2) is 0 Å². The molecular formula is C19H14ClF3N4S. The van der Waals surface area contributed by atoms with Gasteiger partial charge in [0, 0.05) is 11.8 Å². The van der Waals surface area contributed by atoms with Gasteiger partial charge in [-0.1, -0.05) is 11.6 Å². The third-order valence-corrected chi connectivity index (χ3v) is 5.59. The van der Waals surface area contributed by atoms with Crippen molar-refractivity contribution < 1.29 is 13.2 Å². The van der Waals surface area contributed by atoms with Crippen molar-refractivity contribution in [3.05, 3.63) is 77.0 Å². The molecule has 4 rings (SSSR count). The van der Waals surface area contributed by atoms with Crippen molar-refractivity contribution >= 4 is 35.1 Å². The molecule has 0 bridgehead atoms. The summed E-state index contributed by atoms with van der Waals surface area (Å²) in [5.74, 6) is -1.02. The third-order valence-electron chi connectivity index (χ3n) is 4.44. The van der Waals surface area contributed by atoms with Gasteiger partial charge in [-0.2, -0.15) is 0 Å². The van der Waals surface area contributed by atoms with Crippen molar-refractivity contribution in [1.29, 1.82) is 0 Å². The fraction of sp³-hybridized carbons (Fsp3) is 0.158. The van der Waals surface area contributed by atoms with E-state index in [1.54, 1.807) is 12.3 Å². The van der Waals surface area contributed by atoms with Crippen molar-refractivity contribution in [2.45, 2.75) is 23.3 Å². The number of hydrogen-bond acceptors (Lipinski definition) is 5. The van der Waals surface area contributed by atoms with E-state index in [-0.39, 0.29) is 15.5 Å². The lowest BCUT2D eigenvalue weighted by Crippen LogP contribution is -2.21. The number of anilines is 2. The molecule has 1 saturated carbocycles. The second-order valence-electron chi connectivity index (χ2n) is 6.39. The van der Waals surface area contributed by atoms with Crippen molar-refractivity contribution in [3.8, 4) is 0 Å². The zero-order valence-electron chi connectivity index (χ0n) is 14.3. The first-order valence-electron chi connectivity index (χ1n) is 8.38. The minimum atomic E-state index is -0.782. The monoisotopic (exact) mass is 422 g/mol. The number of halogens is 4. The van der Waals surface area contributed by atoms with Crippen LogP contribution in [0.4, 0.5) is 24.7 Å². The van der Waals surface area contributed by atoms with Crippen LogP contribution in [0.15, 0.2) is 53.8 Å². The smallest absolute Gasteiger partial charge is 0.140 e. The molecule has 1 aliphatic carbocycles. The van der Waals surface area contributed by atoms with E-state index in [2.05, 4.69) is 20.0 Å². The molecule has 3 aromatic rings. The average molecular weight is 423 g/mol. The minimum absolute atomic E-state index is 0.216. The Kier molecular flexibility index (Phi) is 5.07. The fourth-order valence-corrected chi connectivity index (χ4v) is 3.81. The van der Waals surface area contributed by atoms with Gasteiger partial charge in [0.2, 0.25) is 0 Å². The number of benzene rings is 2. The van der Waals surface area contributed by atoms with Gasteiger partial charge >= 0.3 is 0 Å². The molecule has 28 heavy (non-hydrogen) atoms. The largest absolute Gasteiger partial charge is 0.374 e. The Bertz CT molecular complexity index is 1020. The van der Waals surface area contributed by atoms with E-state index in [0.717, 1.165) is 30.1 Å². The van der Waals surface area contributed by atoms with Crippen LogP contribution in [0.5, 0.6) is 0 Å². The quantitative estimate of drug-likeness (QED) is 0.494. The van der Waals surface area contributed by atoms with E-state index in [9.17, 15) is 13.2 Å². The summed E-state index contributed by atoms with van der Waals surface area (Å²) in [5, 5.41) is 3.37. The lowest BCUT2D eigenvalue weighted by Gasteiger charge is -2.21. The van der Waals surface area contributed by atoms with Crippen LogP contribution in [0.2, 0.25) is 5.02 Å². The molecule has 9 heteroatoms. The van der Waals surface area contributed by atoms with Crippen LogP contribution in [0.1, 0.15) is 18.4 Å². The summed E-state index contributed by atoms with van der Waals surface area (Å²) < 4.78 is 45.2. The molecule has 1 aromatic heterocycles. The Morgan fingerprint density at radius 2 is 1.86 bits per heavy atom. The zero-order chi connectivity index (χ0) is 19.7. The van der Waals surface area contributed by atoms with E-state index in [4.69, 9.17) is 11.6 Å². The lowest BCUT2D eigenvalue weighted by molar-refractivity contribution is 0.567. The first-order valence-corrected chi connectivity index (χ1v) is 9.58. The van der Waals surface area contributed by atoms with Gasteiger partial charge in [0.05, 0.1) is 21.1 Å². The maximum absolute atomic E-state index is 14.5. The summed E-state index contributed by atoms with van der Waals surface area (Å²) in [5.41, 5.74) is -0.240. The Labute approximate surface area is 168 Å². The molecule has 1 fully saturated rings. The molecule has 0 aliphatic heterocycles. The topological polar surface area (TPSA) is 49.8 Å². The molecular weight excluding hydrogens is 409 g/mol. The molecule has 0 spiro atoms. The normalized spacial score (nSPS) is 14.6. The van der Waals surface area contributed by atoms with Gasteiger partial charge in [-0.15, -0.1) is 0 Å². The standard InChI is InChI=1S/C19H14ClF3N4S/c20-13-8-17(28-27-18-3-6-24-10-25-18)15(23)9-16(13)26-19(4-5-19)12-7-11(21)1-2-14(12)22/h1-3,6-10,26H,4-5H2,(H,24,25,27). The molecule has 0 atom stereocenters. The highest BCUT2D eigenvalue weighted by Crippen LogP contribution is 2.50. The van der Waals surface area contributed by atoms with Crippen LogP contribution in [0.3, 0.4) is 0 Å². The van der Waals surface area contributed by atoms with Crippen molar-refractivity contribution in [2.24, 2.45) is 0 Å². The summed E-state index contributed by atoms with van der Waals surface area (Å²) in [4.78, 5) is 8.07. The summed E-state index contributed by atoms with van der Waals surface area (Å²) in [6.45, 7) is 0. The number of rotatable bonds is 6. The molecule has 0 radical (unpaired) electrons. The molecule has 144 valence electrons. The van der Waals surface area contributed by atoms with Crippen LogP contribution in [0.25, 0.3) is 0 Å². The van der Waals surface area contributed by atoms with E-state index >= 15 is 0 Å². The van der Waals surface area contributed by atoms with Crippen LogP contribution < -0.4 is 10.0 Å². The van der Waals surface area contributed by atoms with Crippen LogP contribution in [0, 0.1) is 17.5 Å². The van der Waals surface area contributed by atoms with E-state index < -0.39 is 23.0 Å². The van der Waals surface area contributed by atoms with Crippen LogP contribution in [-0.4, -0.2) is 9.97 Å². The van der Waals surface area contributed by atoms with Crippen molar-refractivity contribution in [3.63, 3.8) is 0 Å². The summed E-state index contributed by atoms with van der Waals surface area (Å²) in [6.07, 6.45) is 4.13. The summed E-state index contributed by atoms with van der Waals surface area (Å²) >= 11 is 7.33. The first kappa shape index (κ1) is 18.9. The fourth-order valence-electron chi connectivity index (χ4n) is 2.87. The SMILES string of the molecule is Fc1ccc(F)c(C2(Nc3cc(F)c(SNc4ccncn4)cc3Cl)CC2)c1. The van der Waals surface area contributed by atoms with Crippen molar-refractivity contribution in [1.82, 2.24) is 9.97 Å². The highest BCUT2D eigenvalue weighted by atomic mass is 35.5. The summed E-state index contributed by atoms with van der Waals surface area (Å²) in [6, 6.07) is 7.69. The van der Waals surface area contributed by atoms with Gasteiger partial charge in [-0.05, 0) is 61.2 Å². The Morgan fingerprint density at radius 3 is 2.57 bits per heavy atom. The van der Waals surface area contributed by atoms with Crippen LogP contribution in [-0.2, 0) is 5.54 Å². The molecule has 4 nitrogen and oxygen atoms in total. The van der Waals surface area contributed by atoms with Crippen LogP contribution >= 0.6 is 23.5 Å². The van der Waals surface area contributed by atoms with E-state index in [1.807, 2.05) is 0 Å². The molecule has 2 N–H and O–H groups in total. The number of nitrogens with zero attached hydrogens (tertiary/aromatic N) is 2. The number of hydrogen-bond donors (Lipinski definition) is 2. The van der Waals surface area contributed by atoms with E-state index in [0.29, 0.717) is 24.3 Å². The molecule has 0 unspecified atom stereocenters. The Morgan fingerprint density at radius 1 is 1.04 bits per heavy atom. The lowest BCUT2D eigenvalue weighted by atomic mass is 10.0.